The number of hydrogen-bond donors (Lipinski definition) is 0. The number of methoxy groups -OCH3 is 1. The van der Waals surface area contributed by atoms with Gasteiger partial charge in [0.25, 0.3) is 0 Å². The molecule has 0 radical (unpaired) electrons. The summed E-state index contributed by atoms with van der Waals surface area (Å²) in [5, 5.41) is 0. The minimum absolute atomic E-state index is 0.0650. The van der Waals surface area contributed by atoms with Crippen molar-refractivity contribution in [2.75, 3.05) is 13.7 Å². The number of rotatable bonds is 7. The first-order chi connectivity index (χ1) is 10.4. The zero-order chi connectivity index (χ0) is 16.2. The monoisotopic (exact) mass is 308 g/mol. The predicted octanol–water partition coefficient (Wildman–Crippen LogP) is 2.57. The largest absolute Gasteiger partial charge is 0.497 e. The van der Waals surface area contributed by atoms with Crippen LogP contribution in [-0.2, 0) is 25.6 Å². The molecule has 122 valence electrons. The Hall–Kier alpha value is -1.43. The summed E-state index contributed by atoms with van der Waals surface area (Å²) in [6, 6.07) is 7.74. The Bertz CT molecular complexity index is 482. The molecule has 5 heteroatoms. The van der Waals surface area contributed by atoms with E-state index in [1.807, 2.05) is 45.0 Å². The van der Waals surface area contributed by atoms with Gasteiger partial charge in [0, 0.05) is 5.92 Å². The molecule has 2 rings (SSSR count). The van der Waals surface area contributed by atoms with E-state index in [0.717, 1.165) is 17.6 Å². The number of hydrogen-bond acceptors (Lipinski definition) is 5. The van der Waals surface area contributed by atoms with Crippen molar-refractivity contribution in [1.82, 2.24) is 0 Å². The first-order valence-electron chi connectivity index (χ1n) is 7.47. The van der Waals surface area contributed by atoms with Gasteiger partial charge in [0.15, 0.2) is 12.1 Å². The van der Waals surface area contributed by atoms with Gasteiger partial charge in [-0.15, -0.1) is 0 Å². The highest BCUT2D eigenvalue weighted by molar-refractivity contribution is 5.57. The molecule has 0 unspecified atom stereocenters. The Morgan fingerprint density at radius 2 is 1.95 bits per heavy atom. The van der Waals surface area contributed by atoms with E-state index in [2.05, 4.69) is 0 Å². The molecule has 1 aliphatic rings. The standard InChI is InChI=1S/C17H24O5/c1-12(16-15(9-18)21-17(2,3)22-16)10-20-11-13-5-7-14(19-4)8-6-13/h5-9,12,15-16H,10-11H2,1-4H3/t12-,15-,16-/m1/s1. The molecule has 0 amide bonds. The molecule has 1 aliphatic heterocycles. The molecular formula is C17H24O5. The first-order valence-corrected chi connectivity index (χ1v) is 7.47. The van der Waals surface area contributed by atoms with Crippen LogP contribution in [0.1, 0.15) is 26.3 Å². The SMILES string of the molecule is COc1ccc(COC[C@@H](C)[C@H]2OC(C)(C)O[C@@H]2C=O)cc1. The maximum atomic E-state index is 11.1. The van der Waals surface area contributed by atoms with Crippen LogP contribution in [0.3, 0.4) is 0 Å². The average molecular weight is 308 g/mol. The zero-order valence-corrected chi connectivity index (χ0v) is 13.6. The topological polar surface area (TPSA) is 54.0 Å². The van der Waals surface area contributed by atoms with Gasteiger partial charge in [-0.25, -0.2) is 0 Å². The molecule has 0 aromatic heterocycles. The average Bonchev–Trinajstić information content (AvgIpc) is 2.83. The maximum Gasteiger partial charge on any atom is 0.164 e. The van der Waals surface area contributed by atoms with Crippen LogP contribution < -0.4 is 4.74 Å². The lowest BCUT2D eigenvalue weighted by Crippen LogP contribution is -2.33. The number of benzene rings is 1. The molecule has 1 fully saturated rings. The minimum atomic E-state index is -0.722. The second-order valence-electron chi connectivity index (χ2n) is 6.04. The van der Waals surface area contributed by atoms with Crippen molar-refractivity contribution in [3.8, 4) is 5.75 Å². The van der Waals surface area contributed by atoms with Crippen molar-refractivity contribution in [1.29, 1.82) is 0 Å². The van der Waals surface area contributed by atoms with Gasteiger partial charge in [0.2, 0.25) is 0 Å². The summed E-state index contributed by atoms with van der Waals surface area (Å²) >= 11 is 0. The molecule has 1 saturated heterocycles. The highest BCUT2D eigenvalue weighted by atomic mass is 16.8. The van der Waals surface area contributed by atoms with Crippen LogP contribution in [-0.4, -0.2) is 38.0 Å². The molecule has 1 heterocycles. The molecule has 5 nitrogen and oxygen atoms in total. The van der Waals surface area contributed by atoms with Crippen molar-refractivity contribution in [3.05, 3.63) is 29.8 Å². The fourth-order valence-electron chi connectivity index (χ4n) is 2.54. The Labute approximate surface area is 131 Å². The van der Waals surface area contributed by atoms with Gasteiger partial charge in [-0.3, -0.25) is 0 Å². The van der Waals surface area contributed by atoms with E-state index >= 15 is 0 Å². The van der Waals surface area contributed by atoms with Crippen LogP contribution in [0.2, 0.25) is 0 Å². The Balaban J connectivity index is 1.81. The molecule has 22 heavy (non-hydrogen) atoms. The van der Waals surface area contributed by atoms with Gasteiger partial charge in [-0.2, -0.15) is 0 Å². The maximum absolute atomic E-state index is 11.1. The van der Waals surface area contributed by atoms with E-state index in [0.29, 0.717) is 13.2 Å². The summed E-state index contributed by atoms with van der Waals surface area (Å²) in [6.07, 6.45) is -0.00250. The molecule has 1 aromatic carbocycles. The predicted molar refractivity (Wildman–Crippen MR) is 81.7 cm³/mol. The molecule has 0 spiro atoms. The first kappa shape index (κ1) is 16.9. The lowest BCUT2D eigenvalue weighted by Gasteiger charge is -2.21. The number of carbonyl (C=O) groups excluding carboxylic acids is 1. The van der Waals surface area contributed by atoms with Crippen LogP contribution in [0.5, 0.6) is 5.75 Å². The Kier molecular flexibility index (Phi) is 5.56. The third-order valence-electron chi connectivity index (χ3n) is 3.67. The van der Waals surface area contributed by atoms with E-state index in [-0.39, 0.29) is 12.0 Å². The molecule has 1 aromatic rings. The fraction of sp³-hybridized carbons (Fsp3) is 0.588. The van der Waals surface area contributed by atoms with Crippen LogP contribution in [0.15, 0.2) is 24.3 Å². The zero-order valence-electron chi connectivity index (χ0n) is 13.6. The van der Waals surface area contributed by atoms with E-state index < -0.39 is 11.9 Å². The molecular weight excluding hydrogens is 284 g/mol. The third kappa shape index (κ3) is 4.29. The van der Waals surface area contributed by atoms with E-state index in [4.69, 9.17) is 18.9 Å². The number of aldehydes is 1. The molecule has 0 saturated carbocycles. The van der Waals surface area contributed by atoms with E-state index in [1.54, 1.807) is 7.11 Å². The lowest BCUT2D eigenvalue weighted by molar-refractivity contribution is -0.154. The van der Waals surface area contributed by atoms with Gasteiger partial charge in [0.05, 0.1) is 26.4 Å². The van der Waals surface area contributed by atoms with Crippen molar-refractivity contribution >= 4 is 6.29 Å². The normalized spacial score (nSPS) is 24.9. The Morgan fingerprint density at radius 1 is 1.27 bits per heavy atom. The number of carbonyl (C=O) groups is 1. The summed E-state index contributed by atoms with van der Waals surface area (Å²) in [4.78, 5) is 11.1. The summed E-state index contributed by atoms with van der Waals surface area (Å²) < 4.78 is 22.2. The van der Waals surface area contributed by atoms with Crippen molar-refractivity contribution in [2.24, 2.45) is 5.92 Å². The minimum Gasteiger partial charge on any atom is -0.497 e. The molecule has 0 N–H and O–H groups in total. The molecule has 0 aliphatic carbocycles. The van der Waals surface area contributed by atoms with Gasteiger partial charge >= 0.3 is 0 Å². The summed E-state index contributed by atoms with van der Waals surface area (Å²) in [7, 11) is 1.64. The summed E-state index contributed by atoms with van der Waals surface area (Å²) in [5.41, 5.74) is 1.07. The van der Waals surface area contributed by atoms with Gasteiger partial charge in [-0.1, -0.05) is 19.1 Å². The Morgan fingerprint density at radius 3 is 2.55 bits per heavy atom. The summed E-state index contributed by atoms with van der Waals surface area (Å²) in [5.74, 6) is 0.167. The summed E-state index contributed by atoms with van der Waals surface area (Å²) in [6.45, 7) is 6.64. The van der Waals surface area contributed by atoms with Crippen molar-refractivity contribution < 1.29 is 23.7 Å². The van der Waals surface area contributed by atoms with Gasteiger partial charge in [-0.05, 0) is 31.5 Å². The van der Waals surface area contributed by atoms with Crippen molar-refractivity contribution in [2.45, 2.75) is 45.4 Å². The van der Waals surface area contributed by atoms with Crippen LogP contribution in [0, 0.1) is 5.92 Å². The van der Waals surface area contributed by atoms with Crippen LogP contribution in [0.4, 0.5) is 0 Å². The number of ether oxygens (including phenoxy) is 4. The fourth-order valence-corrected chi connectivity index (χ4v) is 2.54. The van der Waals surface area contributed by atoms with Crippen molar-refractivity contribution in [3.63, 3.8) is 0 Å². The van der Waals surface area contributed by atoms with Gasteiger partial charge < -0.3 is 23.7 Å². The van der Waals surface area contributed by atoms with Gasteiger partial charge in [0.1, 0.15) is 11.9 Å². The second kappa shape index (κ2) is 7.22. The third-order valence-corrected chi connectivity index (χ3v) is 3.67. The molecule has 3 atom stereocenters. The molecule has 0 bridgehead atoms. The lowest BCUT2D eigenvalue weighted by atomic mass is 10.0. The smallest absolute Gasteiger partial charge is 0.164 e. The van der Waals surface area contributed by atoms with Crippen LogP contribution in [0.25, 0.3) is 0 Å². The highest BCUT2D eigenvalue weighted by Crippen LogP contribution is 2.31. The highest BCUT2D eigenvalue weighted by Gasteiger charge is 2.43. The van der Waals surface area contributed by atoms with Crippen LogP contribution >= 0.6 is 0 Å². The second-order valence-corrected chi connectivity index (χ2v) is 6.04. The van der Waals surface area contributed by atoms with E-state index in [9.17, 15) is 4.79 Å². The quantitative estimate of drug-likeness (QED) is 0.725. The van der Waals surface area contributed by atoms with E-state index in [1.165, 1.54) is 0 Å².